The van der Waals surface area contributed by atoms with Crippen LogP contribution in [-0.4, -0.2) is 41.4 Å². The quantitative estimate of drug-likeness (QED) is 0.737. The van der Waals surface area contributed by atoms with E-state index in [1.807, 2.05) is 18.0 Å². The Balaban J connectivity index is 0.00000126. The number of aliphatic carboxylic acids is 1. The molecule has 2 aromatic carbocycles. The lowest BCUT2D eigenvalue weighted by molar-refractivity contribution is -0.323. The van der Waals surface area contributed by atoms with Gasteiger partial charge in [-0.3, -0.25) is 0 Å². The van der Waals surface area contributed by atoms with Gasteiger partial charge in [0.2, 0.25) is 0 Å². The Hall–Kier alpha value is -1.69. The molecule has 1 aliphatic heterocycles. The van der Waals surface area contributed by atoms with Crippen molar-refractivity contribution in [3.8, 4) is 0 Å². The van der Waals surface area contributed by atoms with Gasteiger partial charge < -0.3 is 19.9 Å². The van der Waals surface area contributed by atoms with E-state index in [0.717, 1.165) is 38.0 Å². The van der Waals surface area contributed by atoms with E-state index in [-0.39, 0.29) is 5.92 Å². The number of likely N-dealkylation sites (N-methyl/N-ethyl adjacent to an activating group) is 1. The van der Waals surface area contributed by atoms with Crippen LogP contribution >= 0.6 is 15.9 Å². The van der Waals surface area contributed by atoms with E-state index < -0.39 is 11.6 Å². The fourth-order valence-corrected chi connectivity index (χ4v) is 3.84. The number of piperidine rings is 1. The third-order valence-corrected chi connectivity index (χ3v) is 5.23. The number of carbonyl (C=O) groups excluding carboxylic acids is 1. The van der Waals surface area contributed by atoms with Crippen molar-refractivity contribution < 1.29 is 15.0 Å². The van der Waals surface area contributed by atoms with Crippen LogP contribution in [0.25, 0.3) is 0 Å². The maximum absolute atomic E-state index is 12.0. The highest BCUT2D eigenvalue weighted by Crippen LogP contribution is 2.37. The zero-order chi connectivity index (χ0) is 19.9. The van der Waals surface area contributed by atoms with Gasteiger partial charge in [-0.15, -0.1) is 0 Å². The predicted octanol–water partition coefficient (Wildman–Crippen LogP) is 2.88. The molecular formula is C22H27BrNO3-. The molecular weight excluding hydrogens is 406 g/mol. The molecule has 1 N–H and O–H groups in total. The summed E-state index contributed by atoms with van der Waals surface area (Å²) < 4.78 is 0. The molecule has 2 atom stereocenters. The minimum Gasteiger partial charge on any atom is -0.546 e. The number of hydrogen-bond acceptors (Lipinski definition) is 4. The van der Waals surface area contributed by atoms with E-state index in [1.165, 1.54) is 0 Å². The summed E-state index contributed by atoms with van der Waals surface area (Å²) in [6.45, 7) is 5.06. The van der Waals surface area contributed by atoms with Crippen molar-refractivity contribution in [1.29, 1.82) is 0 Å². The molecule has 0 amide bonds. The maximum Gasteiger partial charge on any atom is 0.155 e. The molecule has 0 aromatic heterocycles. The summed E-state index contributed by atoms with van der Waals surface area (Å²) >= 11 is 2.94. The van der Waals surface area contributed by atoms with Crippen LogP contribution in [0.2, 0.25) is 0 Å². The van der Waals surface area contributed by atoms with Gasteiger partial charge in [-0.2, -0.15) is 0 Å². The highest BCUT2D eigenvalue weighted by molar-refractivity contribution is 9.08. The smallest absolute Gasteiger partial charge is 0.155 e. The van der Waals surface area contributed by atoms with Gasteiger partial charge in [-0.05, 0) is 54.4 Å². The monoisotopic (exact) mass is 432 g/mol. The highest BCUT2D eigenvalue weighted by Gasteiger charge is 2.37. The van der Waals surface area contributed by atoms with E-state index in [0.29, 0.717) is 11.1 Å². The second-order valence-corrected chi connectivity index (χ2v) is 6.68. The zero-order valence-corrected chi connectivity index (χ0v) is 17.5. The third-order valence-electron chi connectivity index (χ3n) is 5.23. The lowest BCUT2D eigenvalue weighted by Gasteiger charge is -2.37. The van der Waals surface area contributed by atoms with Gasteiger partial charge in [0.15, 0.2) is 5.60 Å². The lowest BCUT2D eigenvalue weighted by atomic mass is 9.78. The van der Waals surface area contributed by atoms with E-state index >= 15 is 0 Å². The number of aliphatic hydroxyl groups is 1. The molecule has 2 unspecified atom stereocenters. The van der Waals surface area contributed by atoms with E-state index in [9.17, 15) is 15.0 Å². The Morgan fingerprint density at radius 2 is 1.81 bits per heavy atom. The maximum atomic E-state index is 12.0. The summed E-state index contributed by atoms with van der Waals surface area (Å²) in [7, 11) is 0. The first-order valence-corrected chi connectivity index (χ1v) is 10.8. The minimum absolute atomic E-state index is 0.208. The number of alkyl halides is 1. The number of benzene rings is 2. The SMILES string of the molecule is CBr.CCN1CCCC(c2ccccc2C(O)(C(=O)[O-])c2ccccc2)C1. The Bertz CT molecular complexity index is 737. The van der Waals surface area contributed by atoms with E-state index in [2.05, 4.69) is 27.8 Å². The summed E-state index contributed by atoms with van der Waals surface area (Å²) in [5.74, 6) is 0.529. The number of rotatable bonds is 5. The molecule has 1 saturated heterocycles. The van der Waals surface area contributed by atoms with Crippen LogP contribution in [0.4, 0.5) is 0 Å². The Morgan fingerprint density at radius 3 is 2.44 bits per heavy atom. The molecule has 27 heavy (non-hydrogen) atoms. The molecule has 3 rings (SSSR count). The number of halogens is 1. The molecule has 2 aromatic rings. The summed E-state index contributed by atoms with van der Waals surface area (Å²) in [5.41, 5.74) is -0.502. The average molecular weight is 433 g/mol. The molecule has 1 heterocycles. The molecule has 4 nitrogen and oxygen atoms in total. The molecule has 146 valence electrons. The normalized spacial score (nSPS) is 19.5. The van der Waals surface area contributed by atoms with Crippen LogP contribution < -0.4 is 5.11 Å². The Kier molecular flexibility index (Phi) is 8.02. The Morgan fingerprint density at radius 1 is 1.19 bits per heavy atom. The molecule has 0 saturated carbocycles. The Labute approximate surface area is 170 Å². The van der Waals surface area contributed by atoms with Crippen molar-refractivity contribution in [3.05, 3.63) is 71.3 Å². The molecule has 0 radical (unpaired) electrons. The largest absolute Gasteiger partial charge is 0.546 e. The number of carbonyl (C=O) groups is 1. The molecule has 0 aliphatic carbocycles. The van der Waals surface area contributed by atoms with Crippen LogP contribution in [0.3, 0.4) is 0 Å². The minimum atomic E-state index is -2.15. The number of hydrogen-bond donors (Lipinski definition) is 1. The summed E-state index contributed by atoms with van der Waals surface area (Å²) in [6.07, 6.45) is 2.06. The van der Waals surface area contributed by atoms with Gasteiger partial charge in [-0.25, -0.2) is 0 Å². The van der Waals surface area contributed by atoms with Crippen LogP contribution in [0, 0.1) is 0 Å². The topological polar surface area (TPSA) is 63.6 Å². The molecule has 0 spiro atoms. The van der Waals surface area contributed by atoms with Crippen molar-refractivity contribution in [2.24, 2.45) is 0 Å². The van der Waals surface area contributed by atoms with Gasteiger partial charge in [0.05, 0.1) is 5.97 Å². The summed E-state index contributed by atoms with van der Waals surface area (Å²) in [5, 5.41) is 23.2. The summed E-state index contributed by atoms with van der Waals surface area (Å²) in [6, 6.07) is 15.8. The average Bonchev–Trinajstić information content (AvgIpc) is 2.75. The van der Waals surface area contributed by atoms with E-state index in [4.69, 9.17) is 0 Å². The summed E-state index contributed by atoms with van der Waals surface area (Å²) in [4.78, 5) is 14.4. The fraction of sp³-hybridized carbons (Fsp3) is 0.409. The van der Waals surface area contributed by atoms with Crippen LogP contribution in [0.5, 0.6) is 0 Å². The highest BCUT2D eigenvalue weighted by atomic mass is 79.9. The molecule has 1 aliphatic rings. The van der Waals surface area contributed by atoms with Gasteiger partial charge in [0.1, 0.15) is 0 Å². The fourth-order valence-electron chi connectivity index (χ4n) is 3.84. The lowest BCUT2D eigenvalue weighted by Crippen LogP contribution is -2.47. The van der Waals surface area contributed by atoms with Gasteiger partial charge in [0.25, 0.3) is 0 Å². The first-order valence-electron chi connectivity index (χ1n) is 9.26. The second kappa shape index (κ2) is 10.0. The number of carboxylic acid groups (broad SMARTS) is 1. The van der Waals surface area contributed by atoms with Crippen molar-refractivity contribution in [2.75, 3.05) is 25.5 Å². The van der Waals surface area contributed by atoms with Gasteiger partial charge >= 0.3 is 0 Å². The first-order chi connectivity index (χ1) is 13.1. The van der Waals surface area contributed by atoms with Crippen LogP contribution in [0.1, 0.15) is 42.4 Å². The second-order valence-electron chi connectivity index (χ2n) is 6.68. The molecule has 0 bridgehead atoms. The predicted molar refractivity (Wildman–Crippen MR) is 110 cm³/mol. The van der Waals surface area contributed by atoms with Crippen molar-refractivity contribution in [3.63, 3.8) is 0 Å². The number of nitrogens with zero attached hydrogens (tertiary/aromatic N) is 1. The van der Waals surface area contributed by atoms with Crippen molar-refractivity contribution in [2.45, 2.75) is 31.3 Å². The molecule has 5 heteroatoms. The first kappa shape index (κ1) is 21.6. The van der Waals surface area contributed by atoms with Crippen LogP contribution in [-0.2, 0) is 10.4 Å². The third kappa shape index (κ3) is 4.60. The molecule has 1 fully saturated rings. The van der Waals surface area contributed by atoms with Crippen molar-refractivity contribution in [1.82, 2.24) is 4.90 Å². The number of likely N-dealkylation sites (tertiary alicyclic amines) is 1. The van der Waals surface area contributed by atoms with Crippen molar-refractivity contribution >= 4 is 21.9 Å². The van der Waals surface area contributed by atoms with Gasteiger partial charge in [0, 0.05) is 6.54 Å². The van der Waals surface area contributed by atoms with Gasteiger partial charge in [-0.1, -0.05) is 77.5 Å². The van der Waals surface area contributed by atoms with E-state index in [1.54, 1.807) is 42.5 Å². The number of carboxylic acids is 1. The van der Waals surface area contributed by atoms with Crippen LogP contribution in [0.15, 0.2) is 54.6 Å². The standard InChI is InChI=1S/C21H25NO3.CH3Br/c1-2-22-14-8-9-16(15-22)18-12-6-7-13-19(18)21(25,20(23)24)17-10-4-3-5-11-17;1-2/h3-7,10-13,16,25H,2,8-9,14-15H2,1H3,(H,23,24);1H3/p-1. The zero-order valence-electron chi connectivity index (χ0n) is 15.9.